The maximum atomic E-state index is 6.48. The van der Waals surface area contributed by atoms with Crippen molar-refractivity contribution in [1.82, 2.24) is 5.32 Å². The van der Waals surface area contributed by atoms with Crippen LogP contribution in [0.1, 0.15) is 58.3 Å². The Bertz CT molecular complexity index is 282. The molecule has 1 spiro atoms. The van der Waals surface area contributed by atoms with Crippen LogP contribution in [0.25, 0.3) is 0 Å². The van der Waals surface area contributed by atoms with E-state index in [0.717, 1.165) is 32.6 Å². The topological polar surface area (TPSA) is 30.5 Å². The van der Waals surface area contributed by atoms with Crippen LogP contribution in [-0.2, 0) is 9.47 Å². The van der Waals surface area contributed by atoms with E-state index in [1.54, 1.807) is 0 Å². The van der Waals surface area contributed by atoms with Gasteiger partial charge < -0.3 is 14.8 Å². The smallest absolute Gasteiger partial charge is 0.0665 e. The molecule has 0 aromatic carbocycles. The van der Waals surface area contributed by atoms with E-state index in [-0.39, 0.29) is 0 Å². The van der Waals surface area contributed by atoms with E-state index < -0.39 is 0 Å². The van der Waals surface area contributed by atoms with E-state index in [1.807, 2.05) is 0 Å². The summed E-state index contributed by atoms with van der Waals surface area (Å²) in [6.07, 6.45) is 11.4. The zero-order chi connectivity index (χ0) is 13.1. The largest absolute Gasteiger partial charge is 0.381 e. The molecule has 0 bridgehead atoms. The minimum absolute atomic E-state index is 0.458. The van der Waals surface area contributed by atoms with Crippen molar-refractivity contribution >= 4 is 0 Å². The summed E-state index contributed by atoms with van der Waals surface area (Å²) in [6, 6.07) is 0.711. The third-order valence-corrected chi connectivity index (χ3v) is 5.55. The first kappa shape index (κ1) is 13.8. The van der Waals surface area contributed by atoms with Crippen molar-refractivity contribution in [3.8, 4) is 0 Å². The first-order valence-corrected chi connectivity index (χ1v) is 8.32. The first-order chi connectivity index (χ1) is 9.35. The average Bonchev–Trinajstić information content (AvgIpc) is 2.48. The van der Waals surface area contributed by atoms with Gasteiger partial charge in [0.1, 0.15) is 0 Å². The zero-order valence-electron chi connectivity index (χ0n) is 12.3. The summed E-state index contributed by atoms with van der Waals surface area (Å²) in [6.45, 7) is 5.10. The van der Waals surface area contributed by atoms with Crippen molar-refractivity contribution in [3.63, 3.8) is 0 Å². The summed E-state index contributed by atoms with van der Waals surface area (Å²) >= 11 is 0. The van der Waals surface area contributed by atoms with Crippen molar-refractivity contribution in [2.24, 2.45) is 5.41 Å². The molecule has 3 aliphatic rings. The molecule has 0 radical (unpaired) electrons. The Morgan fingerprint density at radius 2 is 1.89 bits per heavy atom. The Morgan fingerprint density at radius 3 is 2.58 bits per heavy atom. The van der Waals surface area contributed by atoms with Gasteiger partial charge in [0.2, 0.25) is 0 Å². The van der Waals surface area contributed by atoms with E-state index in [9.17, 15) is 0 Å². The van der Waals surface area contributed by atoms with Gasteiger partial charge in [0.25, 0.3) is 0 Å². The molecule has 110 valence electrons. The molecule has 3 rings (SSSR count). The first-order valence-electron chi connectivity index (χ1n) is 8.32. The van der Waals surface area contributed by atoms with Gasteiger partial charge >= 0.3 is 0 Å². The van der Waals surface area contributed by atoms with Crippen LogP contribution in [0.5, 0.6) is 0 Å². The van der Waals surface area contributed by atoms with Crippen LogP contribution in [0.4, 0.5) is 0 Å². The molecule has 0 amide bonds. The van der Waals surface area contributed by atoms with Gasteiger partial charge in [-0.25, -0.2) is 0 Å². The third-order valence-electron chi connectivity index (χ3n) is 5.55. The lowest BCUT2D eigenvalue weighted by atomic mass is 9.55. The molecule has 1 aliphatic heterocycles. The number of hydrogen-bond donors (Lipinski definition) is 1. The second-order valence-corrected chi connectivity index (χ2v) is 6.58. The highest BCUT2D eigenvalue weighted by Crippen LogP contribution is 2.53. The van der Waals surface area contributed by atoms with Crippen molar-refractivity contribution in [2.45, 2.75) is 76.5 Å². The van der Waals surface area contributed by atoms with Gasteiger partial charge in [-0.15, -0.1) is 0 Å². The Hall–Kier alpha value is -0.120. The lowest BCUT2D eigenvalue weighted by Gasteiger charge is -2.58. The van der Waals surface area contributed by atoms with Crippen LogP contribution in [0.2, 0.25) is 0 Å². The minimum atomic E-state index is 0.458. The van der Waals surface area contributed by atoms with Crippen LogP contribution >= 0.6 is 0 Å². The lowest BCUT2D eigenvalue weighted by Crippen LogP contribution is -2.65. The minimum Gasteiger partial charge on any atom is -0.381 e. The predicted octanol–water partition coefficient (Wildman–Crippen LogP) is 2.88. The molecule has 0 aromatic rings. The van der Waals surface area contributed by atoms with Crippen molar-refractivity contribution in [1.29, 1.82) is 0 Å². The van der Waals surface area contributed by atoms with Gasteiger partial charge in [0.15, 0.2) is 0 Å². The lowest BCUT2D eigenvalue weighted by molar-refractivity contribution is -0.189. The van der Waals surface area contributed by atoms with Gasteiger partial charge in [0.05, 0.1) is 12.2 Å². The summed E-state index contributed by atoms with van der Waals surface area (Å²) in [5.74, 6) is 0. The van der Waals surface area contributed by atoms with Crippen LogP contribution in [-0.4, -0.2) is 38.0 Å². The van der Waals surface area contributed by atoms with E-state index in [4.69, 9.17) is 9.47 Å². The number of rotatable bonds is 4. The molecule has 2 aliphatic carbocycles. The molecular formula is C16H29NO2. The zero-order valence-corrected chi connectivity index (χ0v) is 12.3. The molecule has 2 atom stereocenters. The average molecular weight is 267 g/mol. The van der Waals surface area contributed by atoms with Gasteiger partial charge in [-0.05, 0) is 38.6 Å². The molecule has 1 saturated heterocycles. The maximum Gasteiger partial charge on any atom is 0.0665 e. The fraction of sp³-hybridized carbons (Fsp3) is 1.00. The van der Waals surface area contributed by atoms with Crippen molar-refractivity contribution in [2.75, 3.05) is 19.8 Å². The van der Waals surface area contributed by atoms with E-state index in [0.29, 0.717) is 23.7 Å². The Kier molecular flexibility index (Phi) is 4.45. The molecular weight excluding hydrogens is 238 g/mol. The van der Waals surface area contributed by atoms with Crippen LogP contribution in [0.3, 0.4) is 0 Å². The predicted molar refractivity (Wildman–Crippen MR) is 76.3 cm³/mol. The molecule has 0 aromatic heterocycles. The molecule has 19 heavy (non-hydrogen) atoms. The molecule has 2 unspecified atom stereocenters. The van der Waals surface area contributed by atoms with E-state index >= 15 is 0 Å². The fourth-order valence-electron chi connectivity index (χ4n) is 4.40. The molecule has 3 heteroatoms. The fourth-order valence-corrected chi connectivity index (χ4v) is 4.40. The van der Waals surface area contributed by atoms with Crippen LogP contribution in [0, 0.1) is 5.41 Å². The summed E-state index contributed by atoms with van der Waals surface area (Å²) < 4.78 is 11.9. The highest BCUT2D eigenvalue weighted by atomic mass is 16.5. The van der Waals surface area contributed by atoms with Crippen LogP contribution in [0.15, 0.2) is 0 Å². The summed E-state index contributed by atoms with van der Waals surface area (Å²) in [7, 11) is 0. The van der Waals surface area contributed by atoms with Crippen LogP contribution < -0.4 is 5.32 Å². The highest BCUT2D eigenvalue weighted by molar-refractivity contribution is 5.09. The second-order valence-electron chi connectivity index (χ2n) is 6.58. The number of nitrogens with one attached hydrogen (secondary N) is 1. The van der Waals surface area contributed by atoms with E-state index in [2.05, 4.69) is 12.2 Å². The van der Waals surface area contributed by atoms with Crippen molar-refractivity contribution < 1.29 is 9.47 Å². The van der Waals surface area contributed by atoms with Gasteiger partial charge in [-0.1, -0.05) is 26.2 Å². The van der Waals surface area contributed by atoms with Gasteiger partial charge in [0, 0.05) is 24.7 Å². The van der Waals surface area contributed by atoms with Gasteiger partial charge in [-0.2, -0.15) is 0 Å². The highest BCUT2D eigenvalue weighted by Gasteiger charge is 2.55. The SMILES string of the molecule is CCNC1CC(OC2CCOCC2)C12CCCCC2. The normalized spacial score (nSPS) is 35.2. The molecule has 1 heterocycles. The summed E-state index contributed by atoms with van der Waals surface area (Å²) in [5.41, 5.74) is 0.465. The summed E-state index contributed by atoms with van der Waals surface area (Å²) in [5, 5.41) is 3.71. The molecule has 3 nitrogen and oxygen atoms in total. The van der Waals surface area contributed by atoms with E-state index in [1.165, 1.54) is 38.5 Å². The molecule has 1 N–H and O–H groups in total. The monoisotopic (exact) mass is 267 g/mol. The molecule has 3 fully saturated rings. The van der Waals surface area contributed by atoms with Gasteiger partial charge in [-0.3, -0.25) is 0 Å². The number of hydrogen-bond acceptors (Lipinski definition) is 3. The maximum absolute atomic E-state index is 6.48. The quantitative estimate of drug-likeness (QED) is 0.849. The second kappa shape index (κ2) is 6.11. The third kappa shape index (κ3) is 2.70. The molecule has 2 saturated carbocycles. The number of ether oxygens (including phenoxy) is 2. The standard InChI is InChI=1S/C16H29NO2/c1-2-17-14-12-15(16(14)8-4-3-5-9-16)19-13-6-10-18-11-7-13/h13-15,17H,2-12H2,1H3. The Labute approximate surface area is 117 Å². The Balaban J connectivity index is 1.60. The Morgan fingerprint density at radius 1 is 1.16 bits per heavy atom. The van der Waals surface area contributed by atoms with Crippen molar-refractivity contribution in [3.05, 3.63) is 0 Å². The summed E-state index contributed by atoms with van der Waals surface area (Å²) in [4.78, 5) is 0.